The zero-order valence-corrected chi connectivity index (χ0v) is 29.4. The highest BCUT2D eigenvalue weighted by Crippen LogP contribution is 2.18. The molecule has 0 radical (unpaired) electrons. The lowest BCUT2D eigenvalue weighted by molar-refractivity contribution is -0.337. The third kappa shape index (κ3) is 30.9. The molecule has 44 heavy (non-hydrogen) atoms. The molecular formula is C38H74O6. The van der Waals surface area contributed by atoms with Gasteiger partial charge in [-0.3, -0.25) is 9.59 Å². The van der Waals surface area contributed by atoms with Crippen molar-refractivity contribution in [1.82, 2.24) is 0 Å². The number of aliphatic hydroxyl groups excluding tert-OH is 1. The van der Waals surface area contributed by atoms with Gasteiger partial charge in [-0.25, -0.2) is 0 Å². The second-order valence-electron chi connectivity index (χ2n) is 13.2. The van der Waals surface area contributed by atoms with E-state index in [2.05, 4.69) is 13.8 Å². The summed E-state index contributed by atoms with van der Waals surface area (Å²) in [6.07, 6.45) is 37.5. The highest BCUT2D eigenvalue weighted by molar-refractivity contribution is 5.71. The molecule has 0 aliphatic heterocycles. The molecule has 6 nitrogen and oxygen atoms in total. The average molecular weight is 627 g/mol. The fraction of sp³-hybridized carbons (Fsp3) is 0.947. The first kappa shape index (κ1) is 42.9. The molecule has 0 rings (SSSR count). The second kappa shape index (κ2) is 33.2. The highest BCUT2D eigenvalue weighted by atomic mass is 16.8. The summed E-state index contributed by atoms with van der Waals surface area (Å²) in [5.41, 5.74) is 0. The number of esters is 2. The Morgan fingerprint density at radius 2 is 0.614 bits per heavy atom. The number of carbonyl (C=O) groups excluding carboxylic acids is 2. The van der Waals surface area contributed by atoms with Crippen molar-refractivity contribution in [2.24, 2.45) is 0 Å². The van der Waals surface area contributed by atoms with Gasteiger partial charge in [-0.2, -0.15) is 0 Å². The van der Waals surface area contributed by atoms with E-state index in [-0.39, 0.29) is 12.8 Å². The van der Waals surface area contributed by atoms with Crippen LogP contribution in [0, 0.1) is 0 Å². The van der Waals surface area contributed by atoms with E-state index in [1.54, 1.807) is 0 Å². The van der Waals surface area contributed by atoms with Gasteiger partial charge in [0, 0.05) is 12.8 Å². The van der Waals surface area contributed by atoms with Crippen molar-refractivity contribution in [3.8, 4) is 0 Å². The van der Waals surface area contributed by atoms with Crippen molar-refractivity contribution in [2.75, 3.05) is 6.61 Å². The van der Waals surface area contributed by atoms with E-state index >= 15 is 0 Å². The minimum absolute atomic E-state index is 0.136. The first-order chi connectivity index (χ1) is 21.5. The topological polar surface area (TPSA) is 93.1 Å². The summed E-state index contributed by atoms with van der Waals surface area (Å²) < 4.78 is 9.86. The summed E-state index contributed by atoms with van der Waals surface area (Å²) in [6, 6.07) is 0. The number of rotatable bonds is 35. The quantitative estimate of drug-likeness (QED) is 0.0413. The molecule has 0 unspecified atom stereocenters. The number of unbranched alkanes of at least 4 members (excludes halogenated alkanes) is 28. The van der Waals surface area contributed by atoms with Gasteiger partial charge in [0.15, 0.2) is 0 Å². The molecule has 0 amide bonds. The lowest BCUT2D eigenvalue weighted by Gasteiger charge is -2.24. The fourth-order valence-electron chi connectivity index (χ4n) is 5.82. The molecule has 0 heterocycles. The van der Waals surface area contributed by atoms with Gasteiger partial charge in [-0.1, -0.05) is 194 Å². The Morgan fingerprint density at radius 1 is 0.409 bits per heavy atom. The molecule has 0 aromatic rings. The van der Waals surface area contributed by atoms with Crippen molar-refractivity contribution < 1.29 is 29.3 Å². The Balaban J connectivity index is 3.64. The van der Waals surface area contributed by atoms with E-state index in [0.29, 0.717) is 12.8 Å². The summed E-state index contributed by atoms with van der Waals surface area (Å²) in [7, 11) is 0. The standard InChI is InChI=1S/C38H74O6/c1-3-5-7-9-11-13-15-17-19-21-23-25-27-29-31-33-36(40)43-38(42,35-39)44-37(41)34-32-30-28-26-24-22-20-18-16-14-12-10-8-6-4-2/h39,42H,3-35H2,1-2H3. The van der Waals surface area contributed by atoms with Gasteiger partial charge >= 0.3 is 17.9 Å². The van der Waals surface area contributed by atoms with Crippen LogP contribution in [-0.4, -0.2) is 34.7 Å². The maximum absolute atomic E-state index is 12.2. The van der Waals surface area contributed by atoms with Crippen LogP contribution in [0.3, 0.4) is 0 Å². The zero-order chi connectivity index (χ0) is 32.4. The third-order valence-corrected chi connectivity index (χ3v) is 8.72. The molecule has 2 N–H and O–H groups in total. The smallest absolute Gasteiger partial charge is 0.396 e. The SMILES string of the molecule is CCCCCCCCCCCCCCCCCC(=O)OC(O)(CO)OC(=O)CCCCCCCCCCCCCCCCC. The number of hydrogen-bond acceptors (Lipinski definition) is 6. The van der Waals surface area contributed by atoms with Gasteiger partial charge in [0.1, 0.15) is 6.61 Å². The Labute approximate surface area is 272 Å². The lowest BCUT2D eigenvalue weighted by atomic mass is 10.0. The van der Waals surface area contributed by atoms with Crippen LogP contribution in [0.15, 0.2) is 0 Å². The van der Waals surface area contributed by atoms with Crippen molar-refractivity contribution >= 4 is 11.9 Å². The molecule has 0 bridgehead atoms. The average Bonchev–Trinajstić information content (AvgIpc) is 3.01. The van der Waals surface area contributed by atoms with Crippen LogP contribution in [0.2, 0.25) is 0 Å². The Morgan fingerprint density at radius 3 is 0.818 bits per heavy atom. The summed E-state index contributed by atoms with van der Waals surface area (Å²) in [5.74, 6) is -3.90. The van der Waals surface area contributed by atoms with Crippen molar-refractivity contribution in [2.45, 2.75) is 225 Å². The fourth-order valence-corrected chi connectivity index (χ4v) is 5.82. The summed E-state index contributed by atoms with van der Waals surface area (Å²) in [6.45, 7) is 3.55. The van der Waals surface area contributed by atoms with E-state index < -0.39 is 24.5 Å². The van der Waals surface area contributed by atoms with Crippen LogP contribution in [0.5, 0.6) is 0 Å². The van der Waals surface area contributed by atoms with E-state index in [0.717, 1.165) is 25.7 Å². The van der Waals surface area contributed by atoms with E-state index in [1.807, 2.05) is 0 Å². The molecule has 0 aromatic carbocycles. The van der Waals surface area contributed by atoms with Crippen LogP contribution >= 0.6 is 0 Å². The number of ether oxygens (including phenoxy) is 2. The van der Waals surface area contributed by atoms with Crippen molar-refractivity contribution in [1.29, 1.82) is 0 Å². The molecule has 262 valence electrons. The molecule has 0 aliphatic carbocycles. The summed E-state index contributed by atoms with van der Waals surface area (Å²) in [5, 5.41) is 19.8. The monoisotopic (exact) mass is 627 g/mol. The van der Waals surface area contributed by atoms with Gasteiger partial charge in [0.25, 0.3) is 0 Å². The molecule has 0 aromatic heterocycles. The molecule has 0 saturated heterocycles. The maximum Gasteiger partial charge on any atom is 0.398 e. The maximum atomic E-state index is 12.2. The largest absolute Gasteiger partial charge is 0.398 e. The molecule has 0 aliphatic rings. The Kier molecular flexibility index (Phi) is 32.4. The molecule has 0 saturated carbocycles. The minimum Gasteiger partial charge on any atom is -0.396 e. The molecule has 6 heteroatoms. The molecule has 0 spiro atoms. The van der Waals surface area contributed by atoms with Crippen LogP contribution in [-0.2, 0) is 19.1 Å². The third-order valence-electron chi connectivity index (χ3n) is 8.72. The lowest BCUT2D eigenvalue weighted by Crippen LogP contribution is -2.43. The van der Waals surface area contributed by atoms with Gasteiger partial charge in [-0.15, -0.1) is 0 Å². The van der Waals surface area contributed by atoms with Gasteiger partial charge in [-0.05, 0) is 12.8 Å². The van der Waals surface area contributed by atoms with Gasteiger partial charge < -0.3 is 19.7 Å². The Bertz CT molecular complexity index is 574. The predicted octanol–water partition coefficient (Wildman–Crippen LogP) is 11.2. The predicted molar refractivity (Wildman–Crippen MR) is 183 cm³/mol. The molecule has 0 atom stereocenters. The van der Waals surface area contributed by atoms with Gasteiger partial charge in [0.2, 0.25) is 0 Å². The number of hydrogen-bond donors (Lipinski definition) is 2. The molecular weight excluding hydrogens is 552 g/mol. The number of carbonyl (C=O) groups is 2. The zero-order valence-electron chi connectivity index (χ0n) is 29.4. The molecule has 0 fully saturated rings. The van der Waals surface area contributed by atoms with Crippen molar-refractivity contribution in [3.63, 3.8) is 0 Å². The van der Waals surface area contributed by atoms with Crippen molar-refractivity contribution in [3.05, 3.63) is 0 Å². The van der Waals surface area contributed by atoms with E-state index in [4.69, 9.17) is 9.47 Å². The highest BCUT2D eigenvalue weighted by Gasteiger charge is 2.35. The van der Waals surface area contributed by atoms with Crippen LogP contribution in [0.4, 0.5) is 0 Å². The van der Waals surface area contributed by atoms with E-state index in [9.17, 15) is 19.8 Å². The Hall–Kier alpha value is -1.14. The van der Waals surface area contributed by atoms with Crippen LogP contribution in [0.25, 0.3) is 0 Å². The van der Waals surface area contributed by atoms with Gasteiger partial charge in [0.05, 0.1) is 0 Å². The first-order valence-electron chi connectivity index (χ1n) is 19.2. The summed E-state index contributed by atoms with van der Waals surface area (Å²) in [4.78, 5) is 24.3. The number of aliphatic hydroxyl groups is 2. The normalized spacial score (nSPS) is 11.6. The first-order valence-corrected chi connectivity index (χ1v) is 19.2. The summed E-state index contributed by atoms with van der Waals surface area (Å²) >= 11 is 0. The second-order valence-corrected chi connectivity index (χ2v) is 13.2. The minimum atomic E-state index is -2.58. The van der Waals surface area contributed by atoms with E-state index in [1.165, 1.54) is 154 Å². The van der Waals surface area contributed by atoms with Crippen LogP contribution in [0.1, 0.15) is 219 Å². The van der Waals surface area contributed by atoms with Crippen LogP contribution < -0.4 is 0 Å².